The Morgan fingerprint density at radius 2 is 1.62 bits per heavy atom. The van der Waals surface area contributed by atoms with Crippen LogP contribution in [0.1, 0.15) is 21.8 Å². The van der Waals surface area contributed by atoms with Crippen molar-refractivity contribution in [2.24, 2.45) is 5.92 Å². The lowest BCUT2D eigenvalue weighted by Gasteiger charge is -2.11. The van der Waals surface area contributed by atoms with Gasteiger partial charge in [-0.15, -0.1) is 23.2 Å². The minimum Gasteiger partial charge on any atom is -0.343 e. The molecule has 3 rings (SSSR count). The lowest BCUT2D eigenvalue weighted by Crippen LogP contribution is -2.33. The van der Waals surface area contributed by atoms with Gasteiger partial charge >= 0.3 is 6.18 Å². The smallest absolute Gasteiger partial charge is 0.343 e. The summed E-state index contributed by atoms with van der Waals surface area (Å²) < 4.78 is 75.4. The molecular formula is C19H11Cl3F6N2O2. The van der Waals surface area contributed by atoms with Gasteiger partial charge in [0.15, 0.2) is 17.5 Å². The van der Waals surface area contributed by atoms with Crippen molar-refractivity contribution in [1.82, 2.24) is 5.32 Å². The van der Waals surface area contributed by atoms with E-state index in [0.717, 1.165) is 6.07 Å². The van der Waals surface area contributed by atoms with E-state index in [1.54, 1.807) is 5.32 Å². The average molecular weight is 520 g/mol. The molecule has 2 atom stereocenters. The Balaban J connectivity index is 1.77. The van der Waals surface area contributed by atoms with E-state index in [0.29, 0.717) is 12.1 Å². The number of anilines is 1. The molecule has 1 saturated carbocycles. The number of benzene rings is 2. The molecular weight excluding hydrogens is 509 g/mol. The Labute approximate surface area is 191 Å². The number of alkyl halides is 5. The van der Waals surface area contributed by atoms with Gasteiger partial charge in [0.2, 0.25) is 5.91 Å². The van der Waals surface area contributed by atoms with Gasteiger partial charge in [-0.1, -0.05) is 11.6 Å². The number of carbonyl (C=O) groups excluding carboxylic acids is 2. The van der Waals surface area contributed by atoms with Crippen LogP contribution in [0.25, 0.3) is 0 Å². The van der Waals surface area contributed by atoms with Gasteiger partial charge in [-0.05, 0) is 35.9 Å². The van der Waals surface area contributed by atoms with Crippen molar-refractivity contribution in [3.05, 3.63) is 63.9 Å². The Kier molecular flexibility index (Phi) is 6.61. The zero-order valence-electron chi connectivity index (χ0n) is 15.5. The molecule has 4 nitrogen and oxygen atoms in total. The van der Waals surface area contributed by atoms with Crippen LogP contribution in [0.4, 0.5) is 32.0 Å². The largest absolute Gasteiger partial charge is 0.405 e. The normalized spacial score (nSPS) is 19.4. The topological polar surface area (TPSA) is 58.2 Å². The predicted octanol–water partition coefficient (Wildman–Crippen LogP) is 5.58. The second kappa shape index (κ2) is 8.64. The Morgan fingerprint density at radius 3 is 2.19 bits per heavy atom. The van der Waals surface area contributed by atoms with Crippen LogP contribution in [0.5, 0.6) is 0 Å². The number of carbonyl (C=O) groups is 2. The van der Waals surface area contributed by atoms with Gasteiger partial charge in [0.25, 0.3) is 5.91 Å². The van der Waals surface area contributed by atoms with Crippen molar-refractivity contribution < 1.29 is 35.9 Å². The summed E-state index contributed by atoms with van der Waals surface area (Å²) in [6.45, 7) is -1.59. The van der Waals surface area contributed by atoms with E-state index in [-0.39, 0.29) is 21.8 Å². The highest BCUT2D eigenvalue weighted by Gasteiger charge is 2.67. The minimum atomic E-state index is -4.64. The van der Waals surface area contributed by atoms with Crippen molar-refractivity contribution in [2.75, 3.05) is 11.9 Å². The molecule has 13 heteroatoms. The fourth-order valence-electron chi connectivity index (χ4n) is 3.10. The zero-order valence-corrected chi connectivity index (χ0v) is 17.7. The summed E-state index contributed by atoms with van der Waals surface area (Å²) in [6.07, 6.45) is -4.64. The monoisotopic (exact) mass is 518 g/mol. The molecule has 0 bridgehead atoms. The summed E-state index contributed by atoms with van der Waals surface area (Å²) in [5.74, 6) is -8.87. The van der Waals surface area contributed by atoms with Crippen LogP contribution in [-0.2, 0) is 4.79 Å². The maximum Gasteiger partial charge on any atom is 0.405 e. The fraction of sp³-hybridized carbons (Fsp3) is 0.263. The molecule has 0 saturated heterocycles. The van der Waals surface area contributed by atoms with Gasteiger partial charge in [-0.3, -0.25) is 9.59 Å². The first-order chi connectivity index (χ1) is 14.7. The SMILES string of the molecule is O=C(NCC(F)(F)F)c1cc(NC(=O)[C@@H]2[C@H](c3cc(F)c(F)c(F)c3)C2(Cl)Cl)ccc1Cl. The van der Waals surface area contributed by atoms with Crippen LogP contribution >= 0.6 is 34.8 Å². The first-order valence-electron chi connectivity index (χ1n) is 8.70. The molecule has 1 fully saturated rings. The second-order valence-corrected chi connectivity index (χ2v) is 8.76. The van der Waals surface area contributed by atoms with Crippen LogP contribution in [0, 0.1) is 23.4 Å². The molecule has 0 aliphatic heterocycles. The van der Waals surface area contributed by atoms with Crippen molar-refractivity contribution in [3.8, 4) is 0 Å². The number of halogens is 9. The molecule has 1 aliphatic carbocycles. The van der Waals surface area contributed by atoms with Gasteiger partial charge in [0.1, 0.15) is 10.9 Å². The summed E-state index contributed by atoms with van der Waals surface area (Å²) in [6, 6.07) is 4.80. The molecule has 0 unspecified atom stereocenters. The van der Waals surface area contributed by atoms with E-state index in [2.05, 4.69) is 5.32 Å². The third-order valence-electron chi connectivity index (χ3n) is 4.63. The highest BCUT2D eigenvalue weighted by molar-refractivity contribution is 6.53. The van der Waals surface area contributed by atoms with Crippen LogP contribution < -0.4 is 10.6 Å². The summed E-state index contributed by atoms with van der Waals surface area (Å²) in [5.41, 5.74) is -0.510. The van der Waals surface area contributed by atoms with E-state index >= 15 is 0 Å². The fourth-order valence-corrected chi connectivity index (χ4v) is 4.13. The standard InChI is InChI=1S/C19H11Cl3F6N2O2/c20-10-2-1-8(5-9(10)16(31)29-6-18(26,27)28)30-17(32)14-13(19(14,21)22)7-3-11(23)15(25)12(24)4-7/h1-5,13-14H,6H2,(H,29,31)(H,30,32)/t13-,14-/m0/s1. The highest BCUT2D eigenvalue weighted by Crippen LogP contribution is 2.65. The number of amides is 2. The van der Waals surface area contributed by atoms with Crippen LogP contribution in [0.2, 0.25) is 5.02 Å². The number of nitrogens with one attached hydrogen (secondary N) is 2. The van der Waals surface area contributed by atoms with E-state index in [1.165, 1.54) is 12.1 Å². The van der Waals surface area contributed by atoms with Crippen molar-refractivity contribution in [2.45, 2.75) is 16.4 Å². The molecule has 1 aliphatic rings. The number of hydrogen-bond donors (Lipinski definition) is 2. The Hall–Kier alpha value is -2.17. The Bertz CT molecular complexity index is 1070. The van der Waals surface area contributed by atoms with Gasteiger partial charge in [-0.25, -0.2) is 13.2 Å². The van der Waals surface area contributed by atoms with Gasteiger partial charge in [0.05, 0.1) is 16.5 Å². The van der Waals surface area contributed by atoms with E-state index in [4.69, 9.17) is 34.8 Å². The molecule has 2 aromatic carbocycles. The second-order valence-electron chi connectivity index (χ2n) is 6.91. The molecule has 0 radical (unpaired) electrons. The first kappa shape index (κ1) is 24.5. The maximum atomic E-state index is 13.5. The molecule has 0 spiro atoms. The van der Waals surface area contributed by atoms with Gasteiger partial charge in [-0.2, -0.15) is 13.2 Å². The average Bonchev–Trinajstić information content (AvgIpc) is 3.27. The first-order valence-corrected chi connectivity index (χ1v) is 9.83. The molecule has 2 N–H and O–H groups in total. The summed E-state index contributed by atoms with van der Waals surface area (Å²) in [7, 11) is 0. The predicted molar refractivity (Wildman–Crippen MR) is 105 cm³/mol. The molecule has 32 heavy (non-hydrogen) atoms. The lowest BCUT2D eigenvalue weighted by molar-refractivity contribution is -0.123. The van der Waals surface area contributed by atoms with Crippen molar-refractivity contribution in [3.63, 3.8) is 0 Å². The molecule has 0 aromatic heterocycles. The summed E-state index contributed by atoms with van der Waals surface area (Å²) in [4.78, 5) is 24.6. The van der Waals surface area contributed by atoms with Gasteiger partial charge in [0, 0.05) is 11.6 Å². The van der Waals surface area contributed by atoms with E-state index in [9.17, 15) is 35.9 Å². The van der Waals surface area contributed by atoms with Crippen molar-refractivity contribution in [1.29, 1.82) is 0 Å². The molecule has 172 valence electrons. The Morgan fingerprint density at radius 1 is 1.03 bits per heavy atom. The highest BCUT2D eigenvalue weighted by atomic mass is 35.5. The third-order valence-corrected chi connectivity index (χ3v) is 5.90. The summed E-state index contributed by atoms with van der Waals surface area (Å²) >= 11 is 18.0. The molecule has 2 amide bonds. The van der Waals surface area contributed by atoms with Crippen LogP contribution in [0.3, 0.4) is 0 Å². The molecule has 2 aromatic rings. The van der Waals surface area contributed by atoms with E-state index in [1.807, 2.05) is 0 Å². The number of rotatable bonds is 5. The van der Waals surface area contributed by atoms with Gasteiger partial charge < -0.3 is 10.6 Å². The third kappa shape index (κ3) is 5.07. The van der Waals surface area contributed by atoms with Crippen LogP contribution in [-0.4, -0.2) is 28.9 Å². The van der Waals surface area contributed by atoms with Crippen molar-refractivity contribution >= 4 is 52.3 Å². The van der Waals surface area contributed by atoms with Crippen LogP contribution in [0.15, 0.2) is 30.3 Å². The minimum absolute atomic E-state index is 0.0252. The van der Waals surface area contributed by atoms with E-state index < -0.39 is 58.2 Å². The summed E-state index contributed by atoms with van der Waals surface area (Å²) in [5, 5.41) is 3.84. The number of hydrogen-bond acceptors (Lipinski definition) is 2. The lowest BCUT2D eigenvalue weighted by atomic mass is 10.1. The zero-order chi connectivity index (χ0) is 24.0. The maximum absolute atomic E-state index is 13.5. The molecule has 0 heterocycles. The quantitative estimate of drug-likeness (QED) is 0.308.